The molecule has 0 saturated carbocycles. The van der Waals surface area contributed by atoms with Gasteiger partial charge >= 0.3 is 0 Å². The Kier molecular flexibility index (Phi) is 2.82. The predicted octanol–water partition coefficient (Wildman–Crippen LogP) is 0.547. The molecule has 2 aromatic rings. The number of aromatic nitrogens is 4. The number of imidazole rings is 2. The molecule has 0 radical (unpaired) electrons. The van der Waals surface area contributed by atoms with Crippen molar-refractivity contribution < 1.29 is 0 Å². The fourth-order valence-corrected chi connectivity index (χ4v) is 1.50. The van der Waals surface area contributed by atoms with Crippen molar-refractivity contribution in [1.82, 2.24) is 19.1 Å². The summed E-state index contributed by atoms with van der Waals surface area (Å²) in [6.07, 6.45) is 7.59. The van der Waals surface area contributed by atoms with Crippen molar-refractivity contribution in [3.8, 4) is 0 Å². The van der Waals surface area contributed by atoms with Gasteiger partial charge in [0.1, 0.15) is 5.82 Å². The first kappa shape index (κ1) is 9.92. The summed E-state index contributed by atoms with van der Waals surface area (Å²) in [4.78, 5) is 8.34. The second kappa shape index (κ2) is 4.27. The highest BCUT2D eigenvalue weighted by Gasteiger charge is 1.98. The van der Waals surface area contributed by atoms with E-state index >= 15 is 0 Å². The zero-order chi connectivity index (χ0) is 10.7. The lowest BCUT2D eigenvalue weighted by Crippen LogP contribution is -2.06. The van der Waals surface area contributed by atoms with E-state index in [0.717, 1.165) is 24.6 Å². The van der Waals surface area contributed by atoms with Crippen LogP contribution in [0.1, 0.15) is 11.5 Å². The van der Waals surface area contributed by atoms with Gasteiger partial charge in [0.2, 0.25) is 0 Å². The first-order valence-corrected chi connectivity index (χ1v) is 4.98. The van der Waals surface area contributed by atoms with Crippen molar-refractivity contribution in [2.75, 3.05) is 0 Å². The Hall–Kier alpha value is -1.62. The summed E-state index contributed by atoms with van der Waals surface area (Å²) in [5, 5.41) is 0. The van der Waals surface area contributed by atoms with Crippen molar-refractivity contribution in [3.05, 3.63) is 36.4 Å². The molecule has 0 aliphatic rings. The van der Waals surface area contributed by atoms with Crippen molar-refractivity contribution in [2.24, 2.45) is 5.73 Å². The second-order valence-electron chi connectivity index (χ2n) is 3.47. The molecule has 5 nitrogen and oxygen atoms in total. The maximum atomic E-state index is 5.49. The van der Waals surface area contributed by atoms with Gasteiger partial charge in [0.05, 0.1) is 12.0 Å². The summed E-state index contributed by atoms with van der Waals surface area (Å²) in [7, 11) is 0. The van der Waals surface area contributed by atoms with E-state index in [9.17, 15) is 0 Å². The molecule has 0 aromatic carbocycles. The molecule has 0 amide bonds. The molecular formula is C10H15N5. The Morgan fingerprint density at radius 1 is 1.33 bits per heavy atom. The third-order valence-corrected chi connectivity index (χ3v) is 2.42. The fourth-order valence-electron chi connectivity index (χ4n) is 1.50. The highest BCUT2D eigenvalue weighted by molar-refractivity contribution is 4.95. The number of rotatable bonds is 4. The summed E-state index contributed by atoms with van der Waals surface area (Å²) in [6, 6.07) is 0. The molecule has 0 fully saturated rings. The van der Waals surface area contributed by atoms with Crippen LogP contribution in [0.4, 0.5) is 0 Å². The summed E-state index contributed by atoms with van der Waals surface area (Å²) in [6.45, 7) is 4.30. The number of hydrogen-bond donors (Lipinski definition) is 1. The molecule has 5 heteroatoms. The van der Waals surface area contributed by atoms with Crippen molar-refractivity contribution in [2.45, 2.75) is 26.6 Å². The molecule has 0 saturated heterocycles. The van der Waals surface area contributed by atoms with E-state index in [1.54, 1.807) is 0 Å². The normalized spacial score (nSPS) is 10.8. The minimum atomic E-state index is 0.497. The Labute approximate surface area is 88.6 Å². The van der Waals surface area contributed by atoms with E-state index < -0.39 is 0 Å². The number of nitrogens with zero attached hydrogens (tertiary/aromatic N) is 4. The minimum absolute atomic E-state index is 0.497. The fraction of sp³-hybridized carbons (Fsp3) is 0.400. The smallest absolute Gasteiger partial charge is 0.105 e. The van der Waals surface area contributed by atoms with Crippen LogP contribution < -0.4 is 5.73 Å². The molecule has 80 valence electrons. The second-order valence-corrected chi connectivity index (χ2v) is 3.47. The maximum absolute atomic E-state index is 5.49. The SMILES string of the molecule is Cc1nccn1CCn1cnc(CN)c1. The molecule has 2 rings (SSSR count). The largest absolute Gasteiger partial charge is 0.335 e. The van der Waals surface area contributed by atoms with Crippen LogP contribution in [-0.4, -0.2) is 19.1 Å². The van der Waals surface area contributed by atoms with Crippen LogP contribution in [0, 0.1) is 6.92 Å². The molecule has 0 atom stereocenters. The van der Waals surface area contributed by atoms with Gasteiger partial charge in [-0.2, -0.15) is 0 Å². The van der Waals surface area contributed by atoms with Gasteiger partial charge in [-0.3, -0.25) is 0 Å². The Morgan fingerprint density at radius 2 is 2.20 bits per heavy atom. The third kappa shape index (κ3) is 2.24. The molecule has 0 aliphatic carbocycles. The molecule has 0 unspecified atom stereocenters. The lowest BCUT2D eigenvalue weighted by Gasteiger charge is -2.05. The molecular weight excluding hydrogens is 190 g/mol. The minimum Gasteiger partial charge on any atom is -0.335 e. The van der Waals surface area contributed by atoms with Gasteiger partial charge in [0, 0.05) is 38.2 Å². The van der Waals surface area contributed by atoms with E-state index in [1.807, 2.05) is 36.4 Å². The third-order valence-electron chi connectivity index (χ3n) is 2.42. The van der Waals surface area contributed by atoms with Crippen molar-refractivity contribution in [3.63, 3.8) is 0 Å². The number of nitrogens with two attached hydrogens (primary N) is 1. The maximum Gasteiger partial charge on any atom is 0.105 e. The topological polar surface area (TPSA) is 61.7 Å². The molecule has 0 spiro atoms. The zero-order valence-electron chi connectivity index (χ0n) is 8.80. The van der Waals surface area contributed by atoms with Gasteiger partial charge in [-0.15, -0.1) is 0 Å². The number of aryl methyl sites for hydroxylation is 3. The Bertz CT molecular complexity index is 428. The molecule has 0 bridgehead atoms. The van der Waals surface area contributed by atoms with Gasteiger partial charge in [0.25, 0.3) is 0 Å². The van der Waals surface area contributed by atoms with Crippen molar-refractivity contribution >= 4 is 0 Å². The Morgan fingerprint density at radius 3 is 2.80 bits per heavy atom. The van der Waals surface area contributed by atoms with E-state index in [4.69, 9.17) is 5.73 Å². The van der Waals surface area contributed by atoms with Crippen LogP contribution in [0.3, 0.4) is 0 Å². The first-order chi connectivity index (χ1) is 7.29. The highest BCUT2D eigenvalue weighted by Crippen LogP contribution is 1.99. The summed E-state index contributed by atoms with van der Waals surface area (Å²) >= 11 is 0. The van der Waals surface area contributed by atoms with Crippen LogP contribution in [0.25, 0.3) is 0 Å². The summed E-state index contributed by atoms with van der Waals surface area (Å²) in [5.41, 5.74) is 6.42. The first-order valence-electron chi connectivity index (χ1n) is 4.98. The van der Waals surface area contributed by atoms with E-state index in [-0.39, 0.29) is 0 Å². The molecule has 2 heterocycles. The van der Waals surface area contributed by atoms with Gasteiger partial charge in [-0.25, -0.2) is 9.97 Å². The van der Waals surface area contributed by atoms with E-state index in [1.165, 1.54) is 0 Å². The average Bonchev–Trinajstić information content (AvgIpc) is 2.84. The standard InChI is InChI=1S/C10H15N5/c1-9-12-2-3-15(9)5-4-14-7-10(6-11)13-8-14/h2-3,7-8H,4-6,11H2,1H3. The van der Waals surface area contributed by atoms with Crippen LogP contribution >= 0.6 is 0 Å². The van der Waals surface area contributed by atoms with Crippen molar-refractivity contribution in [1.29, 1.82) is 0 Å². The molecule has 2 aromatic heterocycles. The lowest BCUT2D eigenvalue weighted by atomic mass is 10.5. The van der Waals surface area contributed by atoms with Crippen LogP contribution in [0.2, 0.25) is 0 Å². The van der Waals surface area contributed by atoms with Gasteiger partial charge < -0.3 is 14.9 Å². The summed E-state index contributed by atoms with van der Waals surface area (Å²) < 4.78 is 4.16. The molecule has 2 N–H and O–H groups in total. The monoisotopic (exact) mass is 205 g/mol. The van der Waals surface area contributed by atoms with E-state index in [0.29, 0.717) is 6.54 Å². The highest BCUT2D eigenvalue weighted by atomic mass is 15.1. The predicted molar refractivity (Wildman–Crippen MR) is 57.1 cm³/mol. The summed E-state index contributed by atoms with van der Waals surface area (Å²) in [5.74, 6) is 1.04. The quantitative estimate of drug-likeness (QED) is 0.792. The lowest BCUT2D eigenvalue weighted by molar-refractivity contribution is 0.567. The average molecular weight is 205 g/mol. The Balaban J connectivity index is 1.96. The zero-order valence-corrected chi connectivity index (χ0v) is 8.80. The van der Waals surface area contributed by atoms with E-state index in [2.05, 4.69) is 14.5 Å². The van der Waals surface area contributed by atoms with Crippen LogP contribution in [0.5, 0.6) is 0 Å². The van der Waals surface area contributed by atoms with Crippen LogP contribution in [-0.2, 0) is 19.6 Å². The van der Waals surface area contributed by atoms with Gasteiger partial charge in [-0.05, 0) is 6.92 Å². The van der Waals surface area contributed by atoms with Crippen LogP contribution in [0.15, 0.2) is 24.9 Å². The van der Waals surface area contributed by atoms with Gasteiger partial charge in [-0.1, -0.05) is 0 Å². The molecule has 15 heavy (non-hydrogen) atoms. The number of hydrogen-bond acceptors (Lipinski definition) is 3. The van der Waals surface area contributed by atoms with Gasteiger partial charge in [0.15, 0.2) is 0 Å². The molecule has 0 aliphatic heterocycles.